The van der Waals surface area contributed by atoms with E-state index in [0.717, 1.165) is 32.7 Å². The second kappa shape index (κ2) is 6.02. The van der Waals surface area contributed by atoms with Crippen molar-refractivity contribution in [2.75, 3.05) is 39.3 Å². The summed E-state index contributed by atoms with van der Waals surface area (Å²) in [5.74, 6) is 0.580. The topological polar surface area (TPSA) is 62.7 Å². The highest BCUT2D eigenvalue weighted by Crippen LogP contribution is 2.10. The zero-order valence-electron chi connectivity index (χ0n) is 10.8. The summed E-state index contributed by atoms with van der Waals surface area (Å²) in [5.41, 5.74) is 6.27. The van der Waals surface area contributed by atoms with Crippen LogP contribution in [0.25, 0.3) is 0 Å². The van der Waals surface area contributed by atoms with Gasteiger partial charge in [0.05, 0.1) is 11.8 Å². The maximum atomic E-state index is 12.1. The molecule has 0 saturated carbocycles. The number of nitrogens with two attached hydrogens (primary N) is 1. The summed E-state index contributed by atoms with van der Waals surface area (Å²) in [5, 5.41) is 0. The first-order valence-corrected chi connectivity index (χ1v) is 6.44. The zero-order valence-corrected chi connectivity index (χ0v) is 10.8. The normalized spacial score (nSPS) is 18.9. The molecule has 0 spiro atoms. The Hall–Kier alpha value is -1.33. The molecule has 0 bridgehead atoms. The average Bonchev–Trinajstić information content (AvgIpc) is 2.92. The van der Waals surface area contributed by atoms with Crippen LogP contribution in [0.4, 0.5) is 0 Å². The number of carbonyl (C=O) groups is 1. The molecular weight excluding hydrogens is 230 g/mol. The van der Waals surface area contributed by atoms with E-state index >= 15 is 0 Å². The van der Waals surface area contributed by atoms with E-state index in [1.807, 2.05) is 4.90 Å². The predicted molar refractivity (Wildman–Crippen MR) is 69.3 cm³/mol. The van der Waals surface area contributed by atoms with Crippen molar-refractivity contribution in [3.05, 3.63) is 24.2 Å². The van der Waals surface area contributed by atoms with Crippen LogP contribution in [0.1, 0.15) is 17.3 Å². The van der Waals surface area contributed by atoms with Crippen LogP contribution in [0.2, 0.25) is 0 Å². The van der Waals surface area contributed by atoms with Gasteiger partial charge in [0.2, 0.25) is 0 Å². The van der Waals surface area contributed by atoms with Gasteiger partial charge in [-0.1, -0.05) is 6.92 Å². The first-order chi connectivity index (χ1) is 8.70. The Labute approximate surface area is 108 Å². The minimum absolute atomic E-state index is 0.0651. The van der Waals surface area contributed by atoms with Gasteiger partial charge in [-0.25, -0.2) is 0 Å². The molecule has 2 heterocycles. The lowest BCUT2D eigenvalue weighted by Crippen LogP contribution is -2.50. The van der Waals surface area contributed by atoms with E-state index in [-0.39, 0.29) is 5.91 Å². The first-order valence-electron chi connectivity index (χ1n) is 6.44. The summed E-state index contributed by atoms with van der Waals surface area (Å²) in [7, 11) is 0. The molecule has 0 aliphatic carbocycles. The average molecular weight is 251 g/mol. The molecule has 1 saturated heterocycles. The molecule has 1 aromatic heterocycles. The smallest absolute Gasteiger partial charge is 0.257 e. The molecule has 2 rings (SSSR count). The quantitative estimate of drug-likeness (QED) is 0.852. The summed E-state index contributed by atoms with van der Waals surface area (Å²) >= 11 is 0. The van der Waals surface area contributed by atoms with E-state index in [4.69, 9.17) is 10.2 Å². The molecule has 0 radical (unpaired) electrons. The third kappa shape index (κ3) is 3.11. The molecule has 18 heavy (non-hydrogen) atoms. The maximum Gasteiger partial charge on any atom is 0.257 e. The second-order valence-electron chi connectivity index (χ2n) is 4.95. The maximum absolute atomic E-state index is 12.1. The fraction of sp³-hybridized carbons (Fsp3) is 0.615. The second-order valence-corrected chi connectivity index (χ2v) is 4.95. The Morgan fingerprint density at radius 2 is 2.17 bits per heavy atom. The fourth-order valence-corrected chi connectivity index (χ4v) is 2.22. The number of piperazine rings is 1. The van der Waals surface area contributed by atoms with Crippen LogP contribution in [-0.4, -0.2) is 55.0 Å². The van der Waals surface area contributed by atoms with Gasteiger partial charge in [0.15, 0.2) is 0 Å². The van der Waals surface area contributed by atoms with Crippen LogP contribution in [0.5, 0.6) is 0 Å². The molecule has 1 fully saturated rings. The van der Waals surface area contributed by atoms with Crippen LogP contribution >= 0.6 is 0 Å². The SMILES string of the molecule is CC(CN)CN1CCN(C(=O)c2ccoc2)CC1. The van der Waals surface area contributed by atoms with E-state index in [9.17, 15) is 4.79 Å². The minimum Gasteiger partial charge on any atom is -0.472 e. The van der Waals surface area contributed by atoms with Crippen molar-refractivity contribution in [1.82, 2.24) is 9.80 Å². The van der Waals surface area contributed by atoms with Gasteiger partial charge in [-0.3, -0.25) is 9.69 Å². The zero-order chi connectivity index (χ0) is 13.0. The molecule has 1 aliphatic heterocycles. The molecule has 0 aromatic carbocycles. The van der Waals surface area contributed by atoms with Gasteiger partial charge in [-0.2, -0.15) is 0 Å². The fourth-order valence-electron chi connectivity index (χ4n) is 2.22. The number of hydrogen-bond donors (Lipinski definition) is 1. The molecule has 1 aliphatic rings. The van der Waals surface area contributed by atoms with Crippen LogP contribution in [0.3, 0.4) is 0 Å². The lowest BCUT2D eigenvalue weighted by atomic mass is 10.1. The van der Waals surface area contributed by atoms with Gasteiger partial charge in [-0.05, 0) is 18.5 Å². The van der Waals surface area contributed by atoms with Crippen molar-refractivity contribution in [3.63, 3.8) is 0 Å². The molecule has 1 atom stereocenters. The number of nitrogens with zero attached hydrogens (tertiary/aromatic N) is 2. The number of carbonyl (C=O) groups excluding carboxylic acids is 1. The van der Waals surface area contributed by atoms with Gasteiger partial charge < -0.3 is 15.1 Å². The monoisotopic (exact) mass is 251 g/mol. The standard InChI is InChI=1S/C13H21N3O2/c1-11(8-14)9-15-3-5-16(6-4-15)13(17)12-2-7-18-10-12/h2,7,10-11H,3-6,8-9,14H2,1H3. The van der Waals surface area contributed by atoms with Crippen molar-refractivity contribution >= 4 is 5.91 Å². The van der Waals surface area contributed by atoms with Crippen molar-refractivity contribution in [1.29, 1.82) is 0 Å². The van der Waals surface area contributed by atoms with Crippen molar-refractivity contribution in [2.45, 2.75) is 6.92 Å². The Bertz CT molecular complexity index is 370. The number of amides is 1. The van der Waals surface area contributed by atoms with Gasteiger partial charge in [0.1, 0.15) is 6.26 Å². The minimum atomic E-state index is 0.0651. The molecular formula is C13H21N3O2. The highest BCUT2D eigenvalue weighted by Gasteiger charge is 2.23. The lowest BCUT2D eigenvalue weighted by Gasteiger charge is -2.35. The van der Waals surface area contributed by atoms with Gasteiger partial charge in [0, 0.05) is 32.7 Å². The molecule has 100 valence electrons. The highest BCUT2D eigenvalue weighted by atomic mass is 16.3. The number of hydrogen-bond acceptors (Lipinski definition) is 4. The largest absolute Gasteiger partial charge is 0.472 e. The molecule has 2 N–H and O–H groups in total. The molecule has 5 heteroatoms. The molecule has 5 nitrogen and oxygen atoms in total. The number of furan rings is 1. The van der Waals surface area contributed by atoms with E-state index in [2.05, 4.69) is 11.8 Å². The third-order valence-corrected chi connectivity index (χ3v) is 3.40. The van der Waals surface area contributed by atoms with Crippen LogP contribution in [0, 0.1) is 5.92 Å². The Balaban J connectivity index is 1.81. The summed E-state index contributed by atoms with van der Waals surface area (Å²) in [6.45, 7) is 7.30. The highest BCUT2D eigenvalue weighted by molar-refractivity contribution is 5.93. The van der Waals surface area contributed by atoms with Crippen LogP contribution in [0.15, 0.2) is 23.0 Å². The van der Waals surface area contributed by atoms with Crippen molar-refractivity contribution in [2.24, 2.45) is 11.7 Å². The summed E-state index contributed by atoms with van der Waals surface area (Å²) in [6.07, 6.45) is 3.04. The van der Waals surface area contributed by atoms with Crippen molar-refractivity contribution < 1.29 is 9.21 Å². The molecule has 1 aromatic rings. The van der Waals surface area contributed by atoms with E-state index in [1.165, 1.54) is 12.5 Å². The predicted octanol–water partition coefficient (Wildman–Crippen LogP) is 0.632. The number of rotatable bonds is 4. The van der Waals surface area contributed by atoms with E-state index < -0.39 is 0 Å². The Morgan fingerprint density at radius 1 is 1.44 bits per heavy atom. The van der Waals surface area contributed by atoms with Gasteiger partial charge in [-0.15, -0.1) is 0 Å². The third-order valence-electron chi connectivity index (χ3n) is 3.40. The van der Waals surface area contributed by atoms with Crippen LogP contribution in [-0.2, 0) is 0 Å². The molecule has 1 unspecified atom stereocenters. The summed E-state index contributed by atoms with van der Waals surface area (Å²) < 4.78 is 4.94. The van der Waals surface area contributed by atoms with Crippen molar-refractivity contribution in [3.8, 4) is 0 Å². The summed E-state index contributed by atoms with van der Waals surface area (Å²) in [4.78, 5) is 16.3. The first kappa shape index (κ1) is 13.1. The van der Waals surface area contributed by atoms with E-state index in [0.29, 0.717) is 18.0 Å². The lowest BCUT2D eigenvalue weighted by molar-refractivity contribution is 0.0621. The van der Waals surface area contributed by atoms with Gasteiger partial charge in [0.25, 0.3) is 5.91 Å². The Kier molecular flexibility index (Phi) is 4.38. The van der Waals surface area contributed by atoms with Gasteiger partial charge >= 0.3 is 0 Å². The molecule has 1 amide bonds. The van der Waals surface area contributed by atoms with Crippen LogP contribution < -0.4 is 5.73 Å². The Morgan fingerprint density at radius 3 is 2.72 bits per heavy atom. The van der Waals surface area contributed by atoms with E-state index in [1.54, 1.807) is 6.07 Å². The summed E-state index contributed by atoms with van der Waals surface area (Å²) in [6, 6.07) is 1.71.